The first kappa shape index (κ1) is 30.5. The van der Waals surface area contributed by atoms with E-state index in [-0.39, 0.29) is 41.3 Å². The Balaban J connectivity index is 1.45. The number of amides is 3. The van der Waals surface area contributed by atoms with Gasteiger partial charge in [-0.05, 0) is 62.2 Å². The van der Waals surface area contributed by atoms with E-state index in [2.05, 4.69) is 16.0 Å². The number of carbonyl (C=O) groups excluding carboxylic acids is 4. The zero-order valence-electron chi connectivity index (χ0n) is 23.4. The highest BCUT2D eigenvalue weighted by atomic mass is 32.2. The van der Waals surface area contributed by atoms with Gasteiger partial charge in [0.05, 0.1) is 28.7 Å². The van der Waals surface area contributed by atoms with Crippen LogP contribution in [0, 0.1) is 6.92 Å². The summed E-state index contributed by atoms with van der Waals surface area (Å²) in [5.74, 6) is -1.48. The summed E-state index contributed by atoms with van der Waals surface area (Å²) in [6, 6.07) is 25.7. The summed E-state index contributed by atoms with van der Waals surface area (Å²) in [7, 11) is 0. The van der Waals surface area contributed by atoms with E-state index >= 15 is 0 Å². The Morgan fingerprint density at radius 3 is 2.21 bits per heavy atom. The summed E-state index contributed by atoms with van der Waals surface area (Å²) in [4.78, 5) is 52.7. The fourth-order valence-electron chi connectivity index (χ4n) is 4.08. The molecule has 0 bridgehead atoms. The maximum absolute atomic E-state index is 13.2. The number of hydrogen-bond acceptors (Lipinski definition) is 7. The average Bonchev–Trinajstić information content (AvgIpc) is 3.29. The molecule has 1 aromatic heterocycles. The van der Waals surface area contributed by atoms with Gasteiger partial charge in [-0.2, -0.15) is 0 Å². The van der Waals surface area contributed by atoms with Crippen LogP contribution in [0.1, 0.15) is 45.0 Å². The Morgan fingerprint density at radius 1 is 0.857 bits per heavy atom. The molecule has 216 valence electrons. The number of hydrogen-bond donors (Lipinski definition) is 3. The molecule has 0 aliphatic rings. The maximum Gasteiger partial charge on any atom is 0.341 e. The lowest BCUT2D eigenvalue weighted by molar-refractivity contribution is -0.116. The van der Waals surface area contributed by atoms with E-state index in [9.17, 15) is 19.2 Å². The highest BCUT2D eigenvalue weighted by Crippen LogP contribution is 2.35. The molecular formula is C32H31N3O5S2. The van der Waals surface area contributed by atoms with Crippen LogP contribution in [0.4, 0.5) is 16.4 Å². The highest BCUT2D eigenvalue weighted by molar-refractivity contribution is 8.00. The van der Waals surface area contributed by atoms with Crippen molar-refractivity contribution < 1.29 is 23.9 Å². The number of anilines is 3. The van der Waals surface area contributed by atoms with E-state index in [1.807, 2.05) is 54.6 Å². The number of benzene rings is 3. The van der Waals surface area contributed by atoms with Crippen LogP contribution in [0.3, 0.4) is 0 Å². The Bertz CT molecular complexity index is 1570. The van der Waals surface area contributed by atoms with E-state index in [0.29, 0.717) is 21.8 Å². The van der Waals surface area contributed by atoms with Gasteiger partial charge in [-0.3, -0.25) is 14.4 Å². The molecule has 0 saturated carbocycles. The molecule has 10 heteroatoms. The van der Waals surface area contributed by atoms with Gasteiger partial charge in [-0.25, -0.2) is 4.79 Å². The molecule has 0 saturated heterocycles. The normalized spacial score (nSPS) is 11.3. The third-order valence-corrected chi connectivity index (χ3v) is 8.41. The predicted octanol–water partition coefficient (Wildman–Crippen LogP) is 6.79. The topological polar surface area (TPSA) is 114 Å². The quantitative estimate of drug-likeness (QED) is 0.129. The van der Waals surface area contributed by atoms with Crippen LogP contribution in [0.5, 0.6) is 0 Å². The number of thioether (sulfide) groups is 1. The fourth-order valence-corrected chi connectivity index (χ4v) is 6.10. The van der Waals surface area contributed by atoms with Crippen molar-refractivity contribution in [1.29, 1.82) is 0 Å². The first-order valence-electron chi connectivity index (χ1n) is 13.3. The van der Waals surface area contributed by atoms with Crippen molar-refractivity contribution in [1.82, 2.24) is 0 Å². The molecule has 8 nitrogen and oxygen atoms in total. The van der Waals surface area contributed by atoms with Crippen LogP contribution < -0.4 is 16.0 Å². The van der Waals surface area contributed by atoms with E-state index in [0.717, 1.165) is 21.8 Å². The largest absolute Gasteiger partial charge is 0.462 e. The van der Waals surface area contributed by atoms with Gasteiger partial charge in [-0.15, -0.1) is 23.1 Å². The third kappa shape index (κ3) is 8.08. The second kappa shape index (κ2) is 14.5. The second-order valence-electron chi connectivity index (χ2n) is 9.29. The number of para-hydroxylation sites is 1. The van der Waals surface area contributed by atoms with Crippen LogP contribution in [0.2, 0.25) is 0 Å². The molecule has 1 heterocycles. The molecule has 3 N–H and O–H groups in total. The van der Waals surface area contributed by atoms with Crippen LogP contribution in [0.25, 0.3) is 0 Å². The van der Waals surface area contributed by atoms with Crippen LogP contribution in [-0.4, -0.2) is 35.5 Å². The summed E-state index contributed by atoms with van der Waals surface area (Å²) >= 11 is 2.33. The van der Waals surface area contributed by atoms with Gasteiger partial charge in [0.25, 0.3) is 5.91 Å². The highest BCUT2D eigenvalue weighted by Gasteiger charge is 2.28. The lowest BCUT2D eigenvalue weighted by Crippen LogP contribution is -2.23. The Kier molecular flexibility index (Phi) is 10.5. The number of nitrogens with one attached hydrogen (secondary N) is 3. The minimum absolute atomic E-state index is 0.138. The van der Waals surface area contributed by atoms with Crippen molar-refractivity contribution in [3.8, 4) is 0 Å². The zero-order valence-corrected chi connectivity index (χ0v) is 25.1. The van der Waals surface area contributed by atoms with E-state index < -0.39 is 11.2 Å². The third-order valence-electron chi connectivity index (χ3n) is 6.11. The molecule has 0 aliphatic carbocycles. The number of thiophene rings is 1. The van der Waals surface area contributed by atoms with Crippen molar-refractivity contribution in [2.75, 3.05) is 22.6 Å². The minimum atomic E-state index is -0.612. The standard InChI is InChI=1S/C32H31N3O5S2/c1-4-40-32(39)27-20(2)28(30(38)34-23-14-9-6-10-15-23)42-31(27)35-29(37)21(3)41-25-17-11-16-24(19-25)33-26(36)18-22-12-7-5-8-13-22/h5-17,19,21H,4,18H2,1-3H3,(H,33,36)(H,34,38)(H,35,37). The summed E-state index contributed by atoms with van der Waals surface area (Å²) in [5, 5.41) is 8.25. The maximum atomic E-state index is 13.2. The molecular weight excluding hydrogens is 571 g/mol. The first-order chi connectivity index (χ1) is 20.2. The summed E-state index contributed by atoms with van der Waals surface area (Å²) in [5.41, 5.74) is 2.75. The van der Waals surface area contributed by atoms with Crippen molar-refractivity contribution in [2.45, 2.75) is 37.3 Å². The van der Waals surface area contributed by atoms with Gasteiger partial charge in [-0.1, -0.05) is 54.6 Å². The van der Waals surface area contributed by atoms with Crippen LogP contribution in [-0.2, 0) is 20.7 Å². The number of carbonyl (C=O) groups is 4. The first-order valence-corrected chi connectivity index (χ1v) is 15.0. The van der Waals surface area contributed by atoms with Gasteiger partial charge in [0.1, 0.15) is 5.00 Å². The molecule has 0 aliphatic heterocycles. The molecule has 4 aromatic rings. The lowest BCUT2D eigenvalue weighted by atomic mass is 10.1. The number of esters is 1. The zero-order chi connectivity index (χ0) is 30.1. The average molecular weight is 602 g/mol. The fraction of sp³-hybridized carbons (Fsp3) is 0.188. The minimum Gasteiger partial charge on any atom is -0.462 e. The lowest BCUT2D eigenvalue weighted by Gasteiger charge is -2.13. The van der Waals surface area contributed by atoms with Crippen molar-refractivity contribution in [2.24, 2.45) is 0 Å². The molecule has 3 amide bonds. The molecule has 4 rings (SSSR count). The smallest absolute Gasteiger partial charge is 0.341 e. The molecule has 0 spiro atoms. The van der Waals surface area contributed by atoms with E-state index in [1.165, 1.54) is 11.8 Å². The molecule has 0 radical (unpaired) electrons. The monoisotopic (exact) mass is 601 g/mol. The Labute approximate surface area is 252 Å². The molecule has 0 fully saturated rings. The molecule has 42 heavy (non-hydrogen) atoms. The number of rotatable bonds is 11. The molecule has 3 aromatic carbocycles. The Morgan fingerprint density at radius 2 is 1.52 bits per heavy atom. The summed E-state index contributed by atoms with van der Waals surface area (Å²) in [6.45, 7) is 5.25. The van der Waals surface area contributed by atoms with Gasteiger partial charge in [0.15, 0.2) is 0 Å². The van der Waals surface area contributed by atoms with Gasteiger partial charge in [0, 0.05) is 16.3 Å². The second-order valence-corrected chi connectivity index (χ2v) is 11.7. The van der Waals surface area contributed by atoms with E-state index in [4.69, 9.17) is 4.74 Å². The van der Waals surface area contributed by atoms with Crippen molar-refractivity contribution in [3.63, 3.8) is 0 Å². The predicted molar refractivity (Wildman–Crippen MR) is 169 cm³/mol. The summed E-state index contributed by atoms with van der Waals surface area (Å²) in [6.07, 6.45) is 0.255. The van der Waals surface area contributed by atoms with Gasteiger partial charge in [0.2, 0.25) is 11.8 Å². The van der Waals surface area contributed by atoms with Crippen LogP contribution >= 0.6 is 23.1 Å². The van der Waals surface area contributed by atoms with Crippen molar-refractivity contribution in [3.05, 3.63) is 106 Å². The van der Waals surface area contributed by atoms with Gasteiger partial charge >= 0.3 is 5.97 Å². The Hall–Kier alpha value is -4.41. The van der Waals surface area contributed by atoms with E-state index in [1.54, 1.807) is 51.1 Å². The molecule has 1 unspecified atom stereocenters. The summed E-state index contributed by atoms with van der Waals surface area (Å²) < 4.78 is 5.23. The number of ether oxygens (including phenoxy) is 1. The molecule has 1 atom stereocenters. The van der Waals surface area contributed by atoms with Crippen LogP contribution in [0.15, 0.2) is 89.8 Å². The van der Waals surface area contributed by atoms with Gasteiger partial charge < -0.3 is 20.7 Å². The SMILES string of the molecule is CCOC(=O)c1c(NC(=O)C(C)Sc2cccc(NC(=O)Cc3ccccc3)c2)sc(C(=O)Nc2ccccc2)c1C. The van der Waals surface area contributed by atoms with Crippen molar-refractivity contribution >= 4 is 63.2 Å².